The maximum atomic E-state index is 13.4. The molecule has 1 aliphatic carbocycles. The van der Waals surface area contributed by atoms with Gasteiger partial charge in [-0.15, -0.1) is 0 Å². The molecule has 0 radical (unpaired) electrons. The van der Waals surface area contributed by atoms with E-state index in [1.165, 1.54) is 12.8 Å². The van der Waals surface area contributed by atoms with Crippen molar-refractivity contribution in [2.24, 2.45) is 16.6 Å². The topological polar surface area (TPSA) is 91.0 Å². The van der Waals surface area contributed by atoms with Crippen molar-refractivity contribution in [1.29, 1.82) is 0 Å². The van der Waals surface area contributed by atoms with E-state index in [2.05, 4.69) is 29.4 Å². The van der Waals surface area contributed by atoms with Crippen LogP contribution in [0.25, 0.3) is 6.08 Å². The fourth-order valence-electron chi connectivity index (χ4n) is 5.20. The molecule has 0 aromatic heterocycles. The SMILES string of the molecule is CCCN(CC1CC1)C(=O)C1=Cc2ccc(C(=O)N3CCC(Nc4ccccc4)CC3)cc2N=C(N)C1. The number of likely N-dealkylation sites (tertiary alicyclic amines) is 1. The summed E-state index contributed by atoms with van der Waals surface area (Å²) in [6.45, 7) is 5.08. The molecule has 3 N–H and O–H groups in total. The number of hydrogen-bond acceptors (Lipinski definition) is 5. The van der Waals surface area contributed by atoms with Crippen LogP contribution in [0.1, 0.15) is 61.4 Å². The molecule has 2 aromatic carbocycles. The third kappa shape index (κ3) is 6.21. The molecule has 0 unspecified atom stereocenters. The first-order valence-electron chi connectivity index (χ1n) is 13.6. The van der Waals surface area contributed by atoms with Gasteiger partial charge in [0, 0.05) is 61.0 Å². The number of para-hydroxylation sites is 1. The number of nitrogens with two attached hydrogens (primary N) is 1. The van der Waals surface area contributed by atoms with Crippen molar-refractivity contribution in [2.75, 3.05) is 31.5 Å². The molecule has 7 nitrogen and oxygen atoms in total. The van der Waals surface area contributed by atoms with Gasteiger partial charge < -0.3 is 20.9 Å². The lowest BCUT2D eigenvalue weighted by Gasteiger charge is -2.33. The molecule has 0 spiro atoms. The predicted octanol–water partition coefficient (Wildman–Crippen LogP) is 4.83. The van der Waals surface area contributed by atoms with Gasteiger partial charge in [-0.2, -0.15) is 0 Å². The van der Waals surface area contributed by atoms with Crippen LogP contribution in [0.5, 0.6) is 0 Å². The lowest BCUT2D eigenvalue weighted by Crippen LogP contribution is -2.42. The second-order valence-electron chi connectivity index (χ2n) is 10.5. The Labute approximate surface area is 219 Å². The summed E-state index contributed by atoms with van der Waals surface area (Å²) in [4.78, 5) is 35.1. The zero-order chi connectivity index (χ0) is 25.8. The number of amides is 2. The summed E-state index contributed by atoms with van der Waals surface area (Å²) in [6, 6.07) is 16.1. The molecule has 2 heterocycles. The van der Waals surface area contributed by atoms with Crippen molar-refractivity contribution in [3.05, 3.63) is 65.2 Å². The lowest BCUT2D eigenvalue weighted by molar-refractivity contribution is -0.127. The van der Waals surface area contributed by atoms with Crippen LogP contribution in [-0.4, -0.2) is 59.7 Å². The molecule has 2 fully saturated rings. The first kappa shape index (κ1) is 25.1. The zero-order valence-electron chi connectivity index (χ0n) is 21.7. The molecule has 1 saturated carbocycles. The maximum absolute atomic E-state index is 13.4. The van der Waals surface area contributed by atoms with Crippen LogP contribution < -0.4 is 11.1 Å². The number of hydrogen-bond donors (Lipinski definition) is 2. The predicted molar refractivity (Wildman–Crippen MR) is 149 cm³/mol. The third-order valence-corrected chi connectivity index (χ3v) is 7.40. The van der Waals surface area contributed by atoms with E-state index < -0.39 is 0 Å². The van der Waals surface area contributed by atoms with E-state index in [0.29, 0.717) is 54.1 Å². The molecule has 3 aliphatic rings. The minimum Gasteiger partial charge on any atom is -0.387 e. The molecule has 1 saturated heterocycles. The van der Waals surface area contributed by atoms with Gasteiger partial charge in [-0.3, -0.25) is 9.59 Å². The first-order valence-corrected chi connectivity index (χ1v) is 13.6. The van der Waals surface area contributed by atoms with Crippen molar-refractivity contribution in [1.82, 2.24) is 9.80 Å². The van der Waals surface area contributed by atoms with Crippen molar-refractivity contribution < 1.29 is 9.59 Å². The third-order valence-electron chi connectivity index (χ3n) is 7.40. The fraction of sp³-hybridized carbons (Fsp3) is 0.433. The molecule has 2 amide bonds. The van der Waals surface area contributed by atoms with Crippen LogP contribution in [0.3, 0.4) is 0 Å². The van der Waals surface area contributed by atoms with E-state index in [-0.39, 0.29) is 11.8 Å². The molecular formula is C30H37N5O2. The van der Waals surface area contributed by atoms with Gasteiger partial charge in [0.05, 0.1) is 5.69 Å². The Morgan fingerprint density at radius 3 is 2.54 bits per heavy atom. The van der Waals surface area contributed by atoms with Crippen molar-refractivity contribution in [3.63, 3.8) is 0 Å². The van der Waals surface area contributed by atoms with Crippen LogP contribution in [0, 0.1) is 5.92 Å². The lowest BCUT2D eigenvalue weighted by atomic mass is 10.0. The van der Waals surface area contributed by atoms with Crippen LogP contribution in [0.2, 0.25) is 0 Å². The second-order valence-corrected chi connectivity index (χ2v) is 10.5. The van der Waals surface area contributed by atoms with Gasteiger partial charge in [-0.1, -0.05) is 31.2 Å². The number of aliphatic imine (C=N–C) groups is 1. The number of anilines is 1. The Balaban J connectivity index is 1.27. The summed E-state index contributed by atoms with van der Waals surface area (Å²) in [7, 11) is 0. The van der Waals surface area contributed by atoms with Crippen molar-refractivity contribution in [2.45, 2.75) is 51.5 Å². The van der Waals surface area contributed by atoms with E-state index in [1.807, 2.05) is 52.3 Å². The van der Waals surface area contributed by atoms with Gasteiger partial charge in [-0.05, 0) is 68.4 Å². The number of amidine groups is 1. The Hall–Kier alpha value is -3.61. The van der Waals surface area contributed by atoms with Crippen molar-refractivity contribution in [3.8, 4) is 0 Å². The molecule has 5 rings (SSSR count). The number of carbonyl (C=O) groups excluding carboxylic acids is 2. The number of fused-ring (bicyclic) bond motifs is 1. The molecule has 194 valence electrons. The van der Waals surface area contributed by atoms with E-state index in [1.54, 1.807) is 0 Å². The standard InChI is InChI=1S/C30H37N5O2/c1-2-14-35(20-21-8-9-21)30(37)24-17-22-10-11-23(18-27(22)33-28(31)19-24)29(36)34-15-12-26(13-16-34)32-25-6-4-3-5-7-25/h3-7,10-11,17-18,21,26,32H,2,8-9,12-16,19-20H2,1H3,(H2,31,33). The Morgan fingerprint density at radius 2 is 1.84 bits per heavy atom. The van der Waals surface area contributed by atoms with E-state index in [0.717, 1.165) is 43.6 Å². The number of nitrogens with one attached hydrogen (secondary N) is 1. The first-order chi connectivity index (χ1) is 18.0. The van der Waals surface area contributed by atoms with Gasteiger partial charge in [0.1, 0.15) is 5.84 Å². The molecule has 7 heteroatoms. The van der Waals surface area contributed by atoms with E-state index >= 15 is 0 Å². The van der Waals surface area contributed by atoms with E-state index in [4.69, 9.17) is 5.73 Å². The molecule has 2 aromatic rings. The minimum absolute atomic E-state index is 0.0119. The number of nitrogens with zero attached hydrogens (tertiary/aromatic N) is 3. The smallest absolute Gasteiger partial charge is 0.253 e. The van der Waals surface area contributed by atoms with E-state index in [9.17, 15) is 9.59 Å². The monoisotopic (exact) mass is 499 g/mol. The maximum Gasteiger partial charge on any atom is 0.253 e. The van der Waals surface area contributed by atoms with Crippen LogP contribution in [-0.2, 0) is 4.79 Å². The highest BCUT2D eigenvalue weighted by Gasteiger charge is 2.29. The van der Waals surface area contributed by atoms with Crippen LogP contribution in [0.15, 0.2) is 59.1 Å². The largest absolute Gasteiger partial charge is 0.387 e. The summed E-state index contributed by atoms with van der Waals surface area (Å²) in [6.07, 6.45) is 7.38. The number of piperidine rings is 1. The van der Waals surface area contributed by atoms with Gasteiger partial charge in [-0.25, -0.2) is 4.99 Å². The number of rotatable bonds is 8. The molecule has 37 heavy (non-hydrogen) atoms. The Bertz CT molecular complexity index is 1190. The summed E-state index contributed by atoms with van der Waals surface area (Å²) < 4.78 is 0. The van der Waals surface area contributed by atoms with Crippen molar-refractivity contribution >= 4 is 35.1 Å². The van der Waals surface area contributed by atoms with Gasteiger partial charge in [0.25, 0.3) is 5.91 Å². The fourth-order valence-corrected chi connectivity index (χ4v) is 5.20. The normalized spacial score (nSPS) is 17.8. The van der Waals surface area contributed by atoms with Crippen LogP contribution in [0.4, 0.5) is 11.4 Å². The highest BCUT2D eigenvalue weighted by Crippen LogP contribution is 2.32. The molecular weight excluding hydrogens is 462 g/mol. The Kier molecular flexibility index (Phi) is 7.58. The number of benzene rings is 2. The zero-order valence-corrected chi connectivity index (χ0v) is 21.7. The summed E-state index contributed by atoms with van der Waals surface area (Å²) in [5, 5.41) is 3.57. The quantitative estimate of drug-likeness (QED) is 0.544. The second kappa shape index (κ2) is 11.2. The van der Waals surface area contributed by atoms with Gasteiger partial charge in [0.15, 0.2) is 0 Å². The molecule has 2 aliphatic heterocycles. The van der Waals surface area contributed by atoms with Gasteiger partial charge in [0.2, 0.25) is 5.91 Å². The minimum atomic E-state index is 0.0119. The van der Waals surface area contributed by atoms with Gasteiger partial charge >= 0.3 is 0 Å². The molecule has 0 atom stereocenters. The summed E-state index contributed by atoms with van der Waals surface area (Å²) in [5.74, 6) is 1.09. The summed E-state index contributed by atoms with van der Waals surface area (Å²) >= 11 is 0. The number of carbonyl (C=O) groups is 2. The van der Waals surface area contributed by atoms with Crippen LogP contribution >= 0.6 is 0 Å². The Morgan fingerprint density at radius 1 is 1.08 bits per heavy atom. The highest BCUT2D eigenvalue weighted by molar-refractivity contribution is 6.06. The molecule has 0 bridgehead atoms. The average molecular weight is 500 g/mol. The summed E-state index contributed by atoms with van der Waals surface area (Å²) in [5.41, 5.74) is 10.1. The highest BCUT2D eigenvalue weighted by atomic mass is 16.2. The average Bonchev–Trinajstić information content (AvgIpc) is 3.74.